The molecule has 3 nitrogen and oxygen atoms in total. The van der Waals surface area contributed by atoms with Crippen molar-refractivity contribution in [2.45, 2.75) is 45.4 Å². The standard InChI is InChI=1S/C18H25NO2/c1-2-3-4-5-6-7-8-15-19-18(21)14-11-16-9-12-17(20)13-10-16/h6-10,12-13,15,20H,2-5,11,14H2,1H3,(H,19,21). The molecule has 0 saturated carbocycles. The van der Waals surface area contributed by atoms with Crippen molar-refractivity contribution >= 4 is 5.91 Å². The van der Waals surface area contributed by atoms with Crippen LogP contribution in [0.4, 0.5) is 0 Å². The van der Waals surface area contributed by atoms with E-state index in [1.807, 2.05) is 24.3 Å². The molecule has 1 aromatic rings. The van der Waals surface area contributed by atoms with E-state index in [1.165, 1.54) is 19.3 Å². The first-order chi connectivity index (χ1) is 10.2. The average molecular weight is 287 g/mol. The number of amides is 1. The van der Waals surface area contributed by atoms with E-state index >= 15 is 0 Å². The summed E-state index contributed by atoms with van der Waals surface area (Å²) >= 11 is 0. The Morgan fingerprint density at radius 2 is 1.95 bits per heavy atom. The number of carbonyl (C=O) groups is 1. The molecule has 0 unspecified atom stereocenters. The van der Waals surface area contributed by atoms with Gasteiger partial charge in [0.2, 0.25) is 5.91 Å². The summed E-state index contributed by atoms with van der Waals surface area (Å²) in [6.07, 6.45) is 13.5. The molecule has 114 valence electrons. The van der Waals surface area contributed by atoms with Gasteiger partial charge in [-0.3, -0.25) is 4.79 Å². The number of nitrogens with one attached hydrogen (secondary N) is 1. The number of hydrogen-bond donors (Lipinski definition) is 2. The highest BCUT2D eigenvalue weighted by Crippen LogP contribution is 2.10. The fraction of sp³-hybridized carbons (Fsp3) is 0.389. The van der Waals surface area contributed by atoms with E-state index in [1.54, 1.807) is 18.3 Å². The number of carbonyl (C=O) groups excluding carboxylic acids is 1. The van der Waals surface area contributed by atoms with Crippen LogP contribution >= 0.6 is 0 Å². The Labute approximate surface area is 127 Å². The van der Waals surface area contributed by atoms with Crippen molar-refractivity contribution in [1.29, 1.82) is 0 Å². The number of benzene rings is 1. The highest BCUT2D eigenvalue weighted by atomic mass is 16.3. The summed E-state index contributed by atoms with van der Waals surface area (Å²) < 4.78 is 0. The van der Waals surface area contributed by atoms with Crippen LogP contribution in [0.25, 0.3) is 0 Å². The maximum atomic E-state index is 11.6. The first kappa shape index (κ1) is 17.0. The fourth-order valence-electron chi connectivity index (χ4n) is 1.88. The Morgan fingerprint density at radius 1 is 1.19 bits per heavy atom. The second-order valence-electron chi connectivity index (χ2n) is 5.02. The zero-order chi connectivity index (χ0) is 15.3. The minimum atomic E-state index is -0.00120. The minimum Gasteiger partial charge on any atom is -0.508 e. The largest absolute Gasteiger partial charge is 0.508 e. The number of phenols is 1. The first-order valence-corrected chi connectivity index (χ1v) is 7.61. The van der Waals surface area contributed by atoms with Crippen molar-refractivity contribution in [2.75, 3.05) is 0 Å². The lowest BCUT2D eigenvalue weighted by atomic mass is 10.1. The van der Waals surface area contributed by atoms with Crippen LogP contribution in [0.2, 0.25) is 0 Å². The number of unbranched alkanes of at least 4 members (excludes halogenated alkanes) is 3. The maximum absolute atomic E-state index is 11.6. The molecule has 2 N–H and O–H groups in total. The van der Waals surface area contributed by atoms with Crippen molar-refractivity contribution in [3.8, 4) is 5.75 Å². The van der Waals surface area contributed by atoms with Crippen LogP contribution < -0.4 is 5.32 Å². The maximum Gasteiger partial charge on any atom is 0.224 e. The van der Waals surface area contributed by atoms with E-state index in [-0.39, 0.29) is 11.7 Å². The van der Waals surface area contributed by atoms with Crippen LogP contribution in [0.15, 0.2) is 48.7 Å². The van der Waals surface area contributed by atoms with E-state index in [9.17, 15) is 9.90 Å². The molecule has 0 aliphatic rings. The zero-order valence-corrected chi connectivity index (χ0v) is 12.7. The number of rotatable bonds is 9. The SMILES string of the molecule is CCCCCC=CC=CNC(=O)CCc1ccc(O)cc1. The molecule has 1 aromatic carbocycles. The van der Waals surface area contributed by atoms with Crippen molar-refractivity contribution in [3.05, 3.63) is 54.3 Å². The Morgan fingerprint density at radius 3 is 2.67 bits per heavy atom. The van der Waals surface area contributed by atoms with Gasteiger partial charge in [-0.25, -0.2) is 0 Å². The van der Waals surface area contributed by atoms with Gasteiger partial charge in [0, 0.05) is 12.6 Å². The van der Waals surface area contributed by atoms with Gasteiger partial charge >= 0.3 is 0 Å². The van der Waals surface area contributed by atoms with Crippen molar-refractivity contribution in [3.63, 3.8) is 0 Å². The van der Waals surface area contributed by atoms with Crippen LogP contribution in [0.1, 0.15) is 44.6 Å². The summed E-state index contributed by atoms with van der Waals surface area (Å²) in [5.41, 5.74) is 1.04. The highest BCUT2D eigenvalue weighted by Gasteiger charge is 2.00. The van der Waals surface area contributed by atoms with Crippen LogP contribution in [-0.2, 0) is 11.2 Å². The predicted molar refractivity (Wildman–Crippen MR) is 87.0 cm³/mol. The number of allylic oxidation sites excluding steroid dienone is 3. The van der Waals surface area contributed by atoms with E-state index in [4.69, 9.17) is 0 Å². The van der Waals surface area contributed by atoms with Gasteiger partial charge in [-0.1, -0.05) is 44.1 Å². The molecule has 0 aliphatic heterocycles. The molecular formula is C18H25NO2. The molecule has 3 heteroatoms. The molecular weight excluding hydrogens is 262 g/mol. The molecule has 0 spiro atoms. The van der Waals surface area contributed by atoms with Gasteiger partial charge < -0.3 is 10.4 Å². The lowest BCUT2D eigenvalue weighted by Crippen LogP contribution is -2.17. The second-order valence-corrected chi connectivity index (χ2v) is 5.02. The molecule has 1 rings (SSSR count). The van der Waals surface area contributed by atoms with Gasteiger partial charge in [0.25, 0.3) is 0 Å². The Balaban J connectivity index is 2.14. The van der Waals surface area contributed by atoms with E-state index < -0.39 is 0 Å². The zero-order valence-electron chi connectivity index (χ0n) is 12.7. The average Bonchev–Trinajstić information content (AvgIpc) is 2.49. The molecule has 0 bridgehead atoms. The van der Waals surface area contributed by atoms with Crippen LogP contribution in [0.5, 0.6) is 5.75 Å². The molecule has 21 heavy (non-hydrogen) atoms. The van der Waals surface area contributed by atoms with Gasteiger partial charge in [-0.15, -0.1) is 0 Å². The van der Waals surface area contributed by atoms with Crippen LogP contribution in [0, 0.1) is 0 Å². The molecule has 0 fully saturated rings. The molecule has 1 amide bonds. The predicted octanol–water partition coefficient (Wildman–Crippen LogP) is 4.09. The minimum absolute atomic E-state index is 0.00120. The van der Waals surface area contributed by atoms with Gasteiger partial charge in [-0.05, 0) is 43.0 Å². The highest BCUT2D eigenvalue weighted by molar-refractivity contribution is 5.77. The third kappa shape index (κ3) is 8.69. The lowest BCUT2D eigenvalue weighted by molar-refractivity contribution is -0.120. The number of hydrogen-bond acceptors (Lipinski definition) is 2. The lowest BCUT2D eigenvalue weighted by Gasteiger charge is -2.01. The van der Waals surface area contributed by atoms with Crippen molar-refractivity contribution in [1.82, 2.24) is 5.32 Å². The summed E-state index contributed by atoms with van der Waals surface area (Å²) in [5, 5.41) is 11.9. The third-order valence-electron chi connectivity index (χ3n) is 3.14. The van der Waals surface area contributed by atoms with Crippen molar-refractivity contribution < 1.29 is 9.90 Å². The van der Waals surface area contributed by atoms with E-state index in [0.29, 0.717) is 12.8 Å². The molecule has 0 aromatic heterocycles. The molecule has 0 heterocycles. The van der Waals surface area contributed by atoms with E-state index in [2.05, 4.69) is 18.3 Å². The monoisotopic (exact) mass is 287 g/mol. The van der Waals surface area contributed by atoms with Gasteiger partial charge in [0.15, 0.2) is 0 Å². The number of aryl methyl sites for hydroxylation is 1. The summed E-state index contributed by atoms with van der Waals surface area (Å²) in [7, 11) is 0. The van der Waals surface area contributed by atoms with Crippen LogP contribution in [0.3, 0.4) is 0 Å². The van der Waals surface area contributed by atoms with E-state index in [0.717, 1.165) is 12.0 Å². The van der Waals surface area contributed by atoms with Crippen LogP contribution in [-0.4, -0.2) is 11.0 Å². The summed E-state index contributed by atoms with van der Waals surface area (Å²) in [6, 6.07) is 6.93. The van der Waals surface area contributed by atoms with Crippen molar-refractivity contribution in [2.24, 2.45) is 0 Å². The molecule has 0 radical (unpaired) electrons. The molecule has 0 aliphatic carbocycles. The molecule has 0 saturated heterocycles. The Bertz CT molecular complexity index is 461. The van der Waals surface area contributed by atoms with Gasteiger partial charge in [-0.2, -0.15) is 0 Å². The first-order valence-electron chi connectivity index (χ1n) is 7.61. The Kier molecular flexibility index (Phi) is 8.69. The number of aromatic hydroxyl groups is 1. The second kappa shape index (κ2) is 10.7. The quantitative estimate of drug-likeness (QED) is 0.531. The molecule has 0 atom stereocenters. The topological polar surface area (TPSA) is 49.3 Å². The summed E-state index contributed by atoms with van der Waals surface area (Å²) in [6.45, 7) is 2.19. The van der Waals surface area contributed by atoms with Gasteiger partial charge in [0.05, 0.1) is 0 Å². The summed E-state index contributed by atoms with van der Waals surface area (Å²) in [5.74, 6) is 0.246. The third-order valence-corrected chi connectivity index (χ3v) is 3.14. The Hall–Kier alpha value is -2.03. The smallest absolute Gasteiger partial charge is 0.224 e. The fourth-order valence-corrected chi connectivity index (χ4v) is 1.88. The normalized spacial score (nSPS) is 11.3. The van der Waals surface area contributed by atoms with Gasteiger partial charge in [0.1, 0.15) is 5.75 Å². The number of phenolic OH excluding ortho intramolecular Hbond substituents is 1. The summed E-state index contributed by atoms with van der Waals surface area (Å²) in [4.78, 5) is 11.6.